The first-order chi connectivity index (χ1) is 18.8. The lowest BCUT2D eigenvalue weighted by Crippen LogP contribution is -2.57. The lowest BCUT2D eigenvalue weighted by atomic mass is 9.31. The van der Waals surface area contributed by atoms with E-state index in [0.717, 1.165) is 22.7 Å². The maximum Gasteiger partial charge on any atom is 0.244 e. The summed E-state index contributed by atoms with van der Waals surface area (Å²) < 4.78 is 13.1. The fourth-order valence-corrected chi connectivity index (χ4v) is 7.22. The van der Waals surface area contributed by atoms with Crippen LogP contribution in [0.2, 0.25) is 0 Å². The topological polar surface area (TPSA) is 26.3 Å². The summed E-state index contributed by atoms with van der Waals surface area (Å²) in [5, 5.41) is 2.55. The molecule has 0 amide bonds. The number of fused-ring (bicyclic) bond motifs is 4. The largest absolute Gasteiger partial charge is 0.461 e. The molecule has 2 nitrogen and oxygen atoms in total. The molecule has 39 heavy (non-hydrogen) atoms. The Morgan fingerprint density at radius 1 is 0.590 bits per heavy atom. The Balaban J connectivity index is 1.59. The van der Waals surface area contributed by atoms with Crippen molar-refractivity contribution in [1.82, 2.24) is 0 Å². The minimum atomic E-state index is 0.135. The minimum absolute atomic E-state index is 0.135. The zero-order chi connectivity index (χ0) is 26.7. The first-order valence-corrected chi connectivity index (χ1v) is 14.2. The molecule has 0 radical (unpaired) electrons. The van der Waals surface area contributed by atoms with Crippen LogP contribution in [0.5, 0.6) is 0 Å². The molecule has 0 bridgehead atoms. The van der Waals surface area contributed by atoms with Gasteiger partial charge in [-0.15, -0.1) is 0 Å². The highest BCUT2D eigenvalue weighted by Gasteiger charge is 2.42. The van der Waals surface area contributed by atoms with Gasteiger partial charge in [0, 0.05) is 21.9 Å². The average Bonchev–Trinajstić information content (AvgIpc) is 3.44. The van der Waals surface area contributed by atoms with Crippen LogP contribution in [0, 0.1) is 13.8 Å². The summed E-state index contributed by atoms with van der Waals surface area (Å²) in [5.74, 6) is 2.82. The number of rotatable bonds is 3. The molecule has 0 saturated carbocycles. The standard InChI is InChI=1S/C36H31BO2/c1-18(2)23-14-28-34-30(16-23)38-20(5)32(34)26-12-25(22-10-8-7-9-11-22)13-27-33-21(6)39-31-17-24(19(3)4)15-29(35(31)33)37(28)36(26)27/h7-19H,1-6H3. The van der Waals surface area contributed by atoms with Crippen molar-refractivity contribution in [2.45, 2.75) is 53.4 Å². The van der Waals surface area contributed by atoms with Crippen LogP contribution in [0.1, 0.15) is 62.2 Å². The predicted octanol–water partition coefficient (Wildman–Crippen LogP) is 8.19. The molecule has 4 heterocycles. The summed E-state index contributed by atoms with van der Waals surface area (Å²) in [6.07, 6.45) is 0. The predicted molar refractivity (Wildman–Crippen MR) is 165 cm³/mol. The van der Waals surface area contributed by atoms with Crippen LogP contribution in [-0.2, 0) is 0 Å². The van der Waals surface area contributed by atoms with Crippen molar-refractivity contribution in [2.24, 2.45) is 0 Å². The van der Waals surface area contributed by atoms with Gasteiger partial charge in [-0.05, 0) is 83.3 Å². The van der Waals surface area contributed by atoms with E-state index >= 15 is 0 Å². The summed E-state index contributed by atoms with van der Waals surface area (Å²) in [7, 11) is 0. The second kappa shape index (κ2) is 7.79. The van der Waals surface area contributed by atoms with Gasteiger partial charge in [0.15, 0.2) is 0 Å². The van der Waals surface area contributed by atoms with Crippen LogP contribution in [0.25, 0.3) is 55.3 Å². The molecule has 0 fully saturated rings. The van der Waals surface area contributed by atoms with Gasteiger partial charge in [-0.2, -0.15) is 0 Å². The Morgan fingerprint density at radius 2 is 1.08 bits per heavy atom. The number of hydrogen-bond acceptors (Lipinski definition) is 2. The highest BCUT2D eigenvalue weighted by atomic mass is 16.3. The molecule has 2 aliphatic rings. The molecule has 0 saturated heterocycles. The lowest BCUT2D eigenvalue weighted by molar-refractivity contribution is 0.579. The van der Waals surface area contributed by atoms with Crippen molar-refractivity contribution < 1.29 is 8.83 Å². The average molecular weight is 506 g/mol. The zero-order valence-corrected chi connectivity index (χ0v) is 23.4. The summed E-state index contributed by atoms with van der Waals surface area (Å²) in [6, 6.07) is 25.0. The SMILES string of the molecule is Cc1oc2cc(C(C)C)cc3c2c1-c1cc(-c2ccccc2)cc2c1B3c1cc(C(C)C)cc3oc(C)c-2c13. The van der Waals surface area contributed by atoms with Gasteiger partial charge in [0.05, 0.1) is 0 Å². The van der Waals surface area contributed by atoms with Crippen LogP contribution < -0.4 is 16.4 Å². The maximum atomic E-state index is 6.56. The van der Waals surface area contributed by atoms with Gasteiger partial charge in [0.2, 0.25) is 6.71 Å². The van der Waals surface area contributed by atoms with Gasteiger partial charge in [0.1, 0.15) is 22.7 Å². The molecule has 2 aromatic heterocycles. The smallest absolute Gasteiger partial charge is 0.244 e. The second-order valence-electron chi connectivity index (χ2n) is 12.1. The van der Waals surface area contributed by atoms with Crippen molar-refractivity contribution in [2.75, 3.05) is 0 Å². The van der Waals surface area contributed by atoms with Crippen LogP contribution in [0.15, 0.2) is 75.6 Å². The van der Waals surface area contributed by atoms with Gasteiger partial charge in [0.25, 0.3) is 0 Å². The van der Waals surface area contributed by atoms with E-state index in [1.165, 1.54) is 71.7 Å². The summed E-state index contributed by atoms with van der Waals surface area (Å²) in [4.78, 5) is 0. The minimum Gasteiger partial charge on any atom is -0.461 e. The monoisotopic (exact) mass is 506 g/mol. The van der Waals surface area contributed by atoms with Crippen LogP contribution in [0.4, 0.5) is 0 Å². The van der Waals surface area contributed by atoms with E-state index in [2.05, 4.69) is 108 Å². The summed E-state index contributed by atoms with van der Waals surface area (Å²) in [6.45, 7) is 13.5. The maximum absolute atomic E-state index is 6.56. The molecule has 190 valence electrons. The van der Waals surface area contributed by atoms with E-state index in [1.807, 2.05) is 0 Å². The molecule has 8 rings (SSSR count). The Hall–Kier alpha value is -3.98. The number of aryl methyl sites for hydroxylation is 2. The summed E-state index contributed by atoms with van der Waals surface area (Å²) >= 11 is 0. The lowest BCUT2D eigenvalue weighted by Gasteiger charge is -2.32. The molecular weight excluding hydrogens is 475 g/mol. The Labute approximate surface area is 229 Å². The van der Waals surface area contributed by atoms with E-state index in [9.17, 15) is 0 Å². The van der Waals surface area contributed by atoms with Crippen molar-refractivity contribution >= 4 is 45.0 Å². The molecule has 0 unspecified atom stereocenters. The molecule has 6 aromatic rings. The van der Waals surface area contributed by atoms with Crippen LogP contribution >= 0.6 is 0 Å². The third-order valence-electron chi connectivity index (χ3n) is 9.11. The molecule has 4 aromatic carbocycles. The van der Waals surface area contributed by atoms with Crippen LogP contribution in [-0.4, -0.2) is 6.71 Å². The van der Waals surface area contributed by atoms with Gasteiger partial charge in [-0.25, -0.2) is 0 Å². The molecular formula is C36H31BO2. The fraction of sp³-hybridized carbons (Fsp3) is 0.222. The van der Waals surface area contributed by atoms with E-state index in [-0.39, 0.29) is 6.71 Å². The quantitative estimate of drug-likeness (QED) is 0.226. The van der Waals surface area contributed by atoms with Crippen molar-refractivity contribution in [1.29, 1.82) is 0 Å². The van der Waals surface area contributed by atoms with Crippen molar-refractivity contribution in [3.63, 3.8) is 0 Å². The van der Waals surface area contributed by atoms with E-state index in [0.29, 0.717) is 11.8 Å². The van der Waals surface area contributed by atoms with E-state index in [1.54, 1.807) is 0 Å². The summed E-state index contributed by atoms with van der Waals surface area (Å²) in [5.41, 5.74) is 16.4. The number of hydrogen-bond donors (Lipinski definition) is 0. The first-order valence-electron chi connectivity index (χ1n) is 14.2. The van der Waals surface area contributed by atoms with Gasteiger partial charge in [-0.1, -0.05) is 86.5 Å². The molecule has 0 N–H and O–H groups in total. The third-order valence-corrected chi connectivity index (χ3v) is 9.11. The Bertz CT molecular complexity index is 1860. The molecule has 2 aliphatic heterocycles. The highest BCUT2D eigenvalue weighted by molar-refractivity contribution is 7.01. The number of furan rings is 2. The van der Waals surface area contributed by atoms with E-state index in [4.69, 9.17) is 8.83 Å². The van der Waals surface area contributed by atoms with Gasteiger partial charge < -0.3 is 8.83 Å². The van der Waals surface area contributed by atoms with E-state index < -0.39 is 0 Å². The molecule has 3 heteroatoms. The fourth-order valence-electron chi connectivity index (χ4n) is 7.22. The second-order valence-corrected chi connectivity index (χ2v) is 12.1. The Kier molecular flexibility index (Phi) is 4.59. The van der Waals surface area contributed by atoms with Crippen molar-refractivity contribution in [3.8, 4) is 33.4 Å². The molecule has 0 spiro atoms. The van der Waals surface area contributed by atoms with Crippen molar-refractivity contribution in [3.05, 3.63) is 89.4 Å². The Morgan fingerprint density at radius 3 is 1.54 bits per heavy atom. The first kappa shape index (κ1) is 23.0. The third kappa shape index (κ3) is 2.99. The zero-order valence-electron chi connectivity index (χ0n) is 23.4. The van der Waals surface area contributed by atoms with Gasteiger partial charge in [-0.3, -0.25) is 0 Å². The van der Waals surface area contributed by atoms with Crippen LogP contribution in [0.3, 0.4) is 0 Å². The highest BCUT2D eigenvalue weighted by Crippen LogP contribution is 2.45. The normalized spacial score (nSPS) is 13.3. The molecule has 0 atom stereocenters. The number of benzene rings is 4. The molecule has 0 aliphatic carbocycles. The van der Waals surface area contributed by atoms with Gasteiger partial charge >= 0.3 is 0 Å².